The van der Waals surface area contributed by atoms with Gasteiger partial charge in [-0.25, -0.2) is 14.0 Å². The molecule has 2 rings (SSSR count). The normalized spacial score (nSPS) is 17.8. The van der Waals surface area contributed by atoms with E-state index in [1.807, 2.05) is 0 Å². The highest BCUT2D eigenvalue weighted by Crippen LogP contribution is 2.32. The van der Waals surface area contributed by atoms with E-state index in [2.05, 4.69) is 27.8 Å². The van der Waals surface area contributed by atoms with Crippen molar-refractivity contribution in [3.63, 3.8) is 0 Å². The monoisotopic (exact) mass is 382 g/mol. The number of benzene rings is 1. The molecule has 5 nitrogen and oxygen atoms in total. The highest BCUT2D eigenvalue weighted by molar-refractivity contribution is 9.10. The molecule has 0 unspecified atom stereocenters. The number of hydrogen-bond acceptors (Lipinski definition) is 3. The van der Waals surface area contributed by atoms with E-state index in [4.69, 9.17) is 4.74 Å². The van der Waals surface area contributed by atoms with E-state index in [1.54, 1.807) is 13.0 Å². The standard InChI is InChI=1S/C16H16BrFN2O3/c1-4-7-20-9(2)13(15(21)23-3)14(19-16(20)22)10-5-6-12(18)11(17)8-10/h4-6,8,14H,1,7H2,2-3H3,(H,19,22)/t14-/m0/s1. The maximum Gasteiger partial charge on any atom is 0.337 e. The Labute approximate surface area is 141 Å². The fourth-order valence-electron chi connectivity index (χ4n) is 2.45. The van der Waals surface area contributed by atoms with Crippen LogP contribution in [0.4, 0.5) is 9.18 Å². The summed E-state index contributed by atoms with van der Waals surface area (Å²) in [6, 6.07) is 3.24. The van der Waals surface area contributed by atoms with Gasteiger partial charge in [0.25, 0.3) is 0 Å². The Morgan fingerprint density at radius 1 is 1.57 bits per heavy atom. The SMILES string of the molecule is C=CCN1C(=O)N[C@@H](c2ccc(F)c(Br)c2)C(C(=O)OC)=C1C. The minimum atomic E-state index is -0.715. The molecule has 0 aromatic heterocycles. The van der Waals surface area contributed by atoms with Gasteiger partial charge in [-0.2, -0.15) is 0 Å². The van der Waals surface area contributed by atoms with E-state index in [-0.39, 0.29) is 17.0 Å². The molecule has 1 N–H and O–H groups in total. The Balaban J connectivity index is 2.56. The van der Waals surface area contributed by atoms with Crippen LogP contribution in [0.2, 0.25) is 0 Å². The first-order chi connectivity index (χ1) is 10.9. The van der Waals surface area contributed by atoms with Crippen molar-refractivity contribution < 1.29 is 18.7 Å². The number of carbonyl (C=O) groups excluding carboxylic acids is 2. The number of rotatable bonds is 4. The van der Waals surface area contributed by atoms with Gasteiger partial charge >= 0.3 is 12.0 Å². The number of esters is 1. The van der Waals surface area contributed by atoms with Crippen LogP contribution in [-0.2, 0) is 9.53 Å². The van der Waals surface area contributed by atoms with Crippen molar-refractivity contribution in [3.05, 3.63) is 58.0 Å². The predicted octanol–water partition coefficient (Wildman–Crippen LogP) is 3.29. The summed E-state index contributed by atoms with van der Waals surface area (Å²) < 4.78 is 18.5. The lowest BCUT2D eigenvalue weighted by atomic mass is 9.95. The molecular weight excluding hydrogens is 367 g/mol. The second-order valence-corrected chi connectivity index (χ2v) is 5.80. The third-order valence-electron chi connectivity index (χ3n) is 3.59. The molecule has 23 heavy (non-hydrogen) atoms. The Kier molecular flexibility index (Phi) is 5.20. The first kappa shape index (κ1) is 17.2. The number of allylic oxidation sites excluding steroid dienone is 1. The smallest absolute Gasteiger partial charge is 0.337 e. The highest BCUT2D eigenvalue weighted by atomic mass is 79.9. The number of amides is 2. The summed E-state index contributed by atoms with van der Waals surface area (Å²) >= 11 is 3.11. The molecule has 1 atom stereocenters. The van der Waals surface area contributed by atoms with Gasteiger partial charge < -0.3 is 10.1 Å². The number of nitrogens with one attached hydrogen (secondary N) is 1. The number of ether oxygens (including phenoxy) is 1. The highest BCUT2D eigenvalue weighted by Gasteiger charge is 2.35. The molecule has 1 aliphatic heterocycles. The molecule has 0 saturated heterocycles. The number of nitrogens with zero attached hydrogens (tertiary/aromatic N) is 1. The Hall–Kier alpha value is -2.15. The molecule has 0 aliphatic carbocycles. The van der Waals surface area contributed by atoms with Gasteiger partial charge in [-0.15, -0.1) is 6.58 Å². The zero-order chi connectivity index (χ0) is 17.1. The summed E-state index contributed by atoms with van der Waals surface area (Å²) in [4.78, 5) is 25.9. The van der Waals surface area contributed by atoms with Crippen molar-refractivity contribution in [2.45, 2.75) is 13.0 Å². The van der Waals surface area contributed by atoms with Crippen LogP contribution in [0.1, 0.15) is 18.5 Å². The Morgan fingerprint density at radius 2 is 2.26 bits per heavy atom. The van der Waals surface area contributed by atoms with Gasteiger partial charge in [0.05, 0.1) is 23.2 Å². The average Bonchev–Trinajstić information content (AvgIpc) is 2.53. The quantitative estimate of drug-likeness (QED) is 0.641. The molecule has 0 spiro atoms. The summed E-state index contributed by atoms with van der Waals surface area (Å²) in [5, 5.41) is 2.75. The summed E-state index contributed by atoms with van der Waals surface area (Å²) in [5.74, 6) is -0.980. The molecule has 0 bridgehead atoms. The number of methoxy groups -OCH3 is 1. The molecular formula is C16H16BrFN2O3. The van der Waals surface area contributed by atoms with Crippen molar-refractivity contribution >= 4 is 27.9 Å². The second kappa shape index (κ2) is 6.95. The molecule has 1 aliphatic rings. The van der Waals surface area contributed by atoms with Crippen LogP contribution in [0.3, 0.4) is 0 Å². The van der Waals surface area contributed by atoms with Gasteiger partial charge in [0.2, 0.25) is 0 Å². The Bertz CT molecular complexity index is 703. The van der Waals surface area contributed by atoms with Crippen molar-refractivity contribution in [1.29, 1.82) is 0 Å². The number of halogens is 2. The first-order valence-corrected chi connectivity index (χ1v) is 7.63. The summed E-state index contributed by atoms with van der Waals surface area (Å²) in [6.07, 6.45) is 1.56. The summed E-state index contributed by atoms with van der Waals surface area (Å²) in [7, 11) is 1.27. The van der Waals surface area contributed by atoms with Gasteiger partial charge in [-0.05, 0) is 40.5 Å². The van der Waals surface area contributed by atoms with Crippen molar-refractivity contribution in [1.82, 2.24) is 10.2 Å². The van der Waals surface area contributed by atoms with Crippen LogP contribution in [-0.4, -0.2) is 30.6 Å². The number of hydrogen-bond donors (Lipinski definition) is 1. The molecule has 1 aromatic rings. The fourth-order valence-corrected chi connectivity index (χ4v) is 2.84. The van der Waals surface area contributed by atoms with Crippen LogP contribution in [0.15, 0.2) is 46.6 Å². The zero-order valence-corrected chi connectivity index (χ0v) is 14.3. The third-order valence-corrected chi connectivity index (χ3v) is 4.20. The topological polar surface area (TPSA) is 58.6 Å². The fraction of sp³-hybridized carbons (Fsp3) is 0.250. The predicted molar refractivity (Wildman–Crippen MR) is 87.0 cm³/mol. The summed E-state index contributed by atoms with van der Waals surface area (Å²) in [5.41, 5.74) is 1.35. The van der Waals surface area contributed by atoms with E-state index in [1.165, 1.54) is 30.2 Å². The molecule has 0 fully saturated rings. The first-order valence-electron chi connectivity index (χ1n) is 6.83. The molecule has 2 amide bonds. The molecule has 122 valence electrons. The third kappa shape index (κ3) is 3.29. The maximum atomic E-state index is 13.4. The minimum Gasteiger partial charge on any atom is -0.466 e. The lowest BCUT2D eigenvalue weighted by Crippen LogP contribution is -2.48. The number of urea groups is 1. The zero-order valence-electron chi connectivity index (χ0n) is 12.7. The second-order valence-electron chi connectivity index (χ2n) is 4.95. The van der Waals surface area contributed by atoms with Crippen molar-refractivity contribution in [2.24, 2.45) is 0 Å². The van der Waals surface area contributed by atoms with Gasteiger partial charge in [0, 0.05) is 12.2 Å². The van der Waals surface area contributed by atoms with Crippen LogP contribution >= 0.6 is 15.9 Å². The number of carbonyl (C=O) groups is 2. The van der Waals surface area contributed by atoms with Gasteiger partial charge in [0.15, 0.2) is 0 Å². The van der Waals surface area contributed by atoms with Crippen LogP contribution in [0, 0.1) is 5.82 Å². The molecule has 1 aromatic carbocycles. The minimum absolute atomic E-state index is 0.250. The molecule has 0 saturated carbocycles. The molecule has 1 heterocycles. The maximum absolute atomic E-state index is 13.4. The van der Waals surface area contributed by atoms with Gasteiger partial charge in [-0.3, -0.25) is 4.90 Å². The lowest BCUT2D eigenvalue weighted by Gasteiger charge is -2.34. The van der Waals surface area contributed by atoms with Crippen LogP contribution in [0.5, 0.6) is 0 Å². The van der Waals surface area contributed by atoms with E-state index in [0.29, 0.717) is 16.8 Å². The average molecular weight is 383 g/mol. The van der Waals surface area contributed by atoms with Gasteiger partial charge in [-0.1, -0.05) is 12.1 Å². The lowest BCUT2D eigenvalue weighted by molar-refractivity contribution is -0.136. The van der Waals surface area contributed by atoms with Gasteiger partial charge in [0.1, 0.15) is 5.82 Å². The van der Waals surface area contributed by atoms with E-state index in [0.717, 1.165) is 0 Å². The Morgan fingerprint density at radius 3 is 2.83 bits per heavy atom. The molecule has 0 radical (unpaired) electrons. The largest absolute Gasteiger partial charge is 0.466 e. The van der Waals surface area contributed by atoms with Crippen molar-refractivity contribution in [3.8, 4) is 0 Å². The van der Waals surface area contributed by atoms with E-state index >= 15 is 0 Å². The molecule has 7 heteroatoms. The van der Waals surface area contributed by atoms with Crippen molar-refractivity contribution in [2.75, 3.05) is 13.7 Å². The summed E-state index contributed by atoms with van der Waals surface area (Å²) in [6.45, 7) is 5.53. The van der Waals surface area contributed by atoms with E-state index in [9.17, 15) is 14.0 Å². The van der Waals surface area contributed by atoms with Crippen LogP contribution in [0.25, 0.3) is 0 Å². The van der Waals surface area contributed by atoms with E-state index < -0.39 is 17.8 Å². The van der Waals surface area contributed by atoms with Crippen LogP contribution < -0.4 is 5.32 Å².